The number of nitrogens with zero attached hydrogens (tertiary/aromatic N) is 2. The number of hydrogen-bond donors (Lipinski definition) is 2. The van der Waals surface area contributed by atoms with Gasteiger partial charge in [-0.15, -0.1) is 0 Å². The highest BCUT2D eigenvalue weighted by Crippen LogP contribution is 2.27. The molecule has 0 radical (unpaired) electrons. The molecule has 19 heavy (non-hydrogen) atoms. The van der Waals surface area contributed by atoms with Crippen LogP contribution in [0.4, 0.5) is 0 Å². The van der Waals surface area contributed by atoms with Gasteiger partial charge in [0.2, 0.25) is 0 Å². The molecule has 2 aromatic heterocycles. The van der Waals surface area contributed by atoms with Crippen molar-refractivity contribution in [3.63, 3.8) is 0 Å². The lowest BCUT2D eigenvalue weighted by Gasteiger charge is -2.23. The number of aromatic nitrogens is 3. The van der Waals surface area contributed by atoms with Crippen LogP contribution in [0.25, 0.3) is 22.5 Å². The molecule has 5 nitrogen and oxygen atoms in total. The molecule has 2 N–H and O–H groups in total. The smallest absolute Gasteiger partial charge is 0.274 e. The summed E-state index contributed by atoms with van der Waals surface area (Å²) in [4.78, 5) is 7.73. The Hall–Kier alpha value is -1.66. The van der Waals surface area contributed by atoms with Crippen molar-refractivity contribution in [2.24, 2.45) is 0 Å². The van der Waals surface area contributed by atoms with Crippen molar-refractivity contribution in [3.8, 4) is 11.6 Å². The van der Waals surface area contributed by atoms with Crippen LogP contribution in [0.3, 0.4) is 0 Å². The van der Waals surface area contributed by atoms with Gasteiger partial charge in [0, 0.05) is 15.4 Å². The average molecular weight is 319 g/mol. The summed E-state index contributed by atoms with van der Waals surface area (Å²) >= 11 is 3.46. The van der Waals surface area contributed by atoms with Gasteiger partial charge < -0.3 is 14.8 Å². The molecule has 0 bridgehead atoms. The van der Waals surface area contributed by atoms with Gasteiger partial charge in [0.25, 0.3) is 5.89 Å². The maximum Gasteiger partial charge on any atom is 0.274 e. The Bertz CT molecular complexity index is 744. The quantitative estimate of drug-likeness (QED) is 0.762. The lowest BCUT2D eigenvalue weighted by molar-refractivity contribution is 0.342. The highest BCUT2D eigenvalue weighted by molar-refractivity contribution is 9.10. The van der Waals surface area contributed by atoms with Crippen molar-refractivity contribution in [1.29, 1.82) is 0 Å². The first-order valence-corrected chi connectivity index (χ1v) is 6.94. The highest BCUT2D eigenvalue weighted by Gasteiger charge is 2.24. The van der Waals surface area contributed by atoms with Crippen molar-refractivity contribution in [2.45, 2.75) is 12.5 Å². The van der Waals surface area contributed by atoms with Gasteiger partial charge in [-0.05, 0) is 31.2 Å². The number of aromatic amines is 1. The van der Waals surface area contributed by atoms with Crippen molar-refractivity contribution in [2.75, 3.05) is 6.54 Å². The van der Waals surface area contributed by atoms with Gasteiger partial charge in [0.1, 0.15) is 5.69 Å². The third-order valence-corrected chi connectivity index (χ3v) is 3.89. The molecular weight excluding hydrogens is 308 g/mol. The van der Waals surface area contributed by atoms with Gasteiger partial charge in [-0.1, -0.05) is 27.2 Å². The van der Waals surface area contributed by atoms with Gasteiger partial charge in [-0.25, -0.2) is 0 Å². The summed E-state index contributed by atoms with van der Waals surface area (Å²) < 4.78 is 6.36. The van der Waals surface area contributed by atoms with Gasteiger partial charge in [-0.2, -0.15) is 4.98 Å². The molecule has 3 heterocycles. The second-order valence-electron chi connectivity index (χ2n) is 4.67. The number of fused-ring (bicyclic) bond motifs is 1. The second kappa shape index (κ2) is 4.18. The summed E-state index contributed by atoms with van der Waals surface area (Å²) in [5, 5.41) is 8.41. The van der Waals surface area contributed by atoms with Crippen LogP contribution >= 0.6 is 15.9 Å². The van der Waals surface area contributed by atoms with E-state index in [9.17, 15) is 0 Å². The Kier molecular flexibility index (Phi) is 2.46. The van der Waals surface area contributed by atoms with E-state index in [0.29, 0.717) is 5.89 Å². The van der Waals surface area contributed by atoms with Crippen LogP contribution in [-0.2, 0) is 0 Å². The summed E-state index contributed by atoms with van der Waals surface area (Å²) in [6.07, 6.45) is 1.07. The molecule has 0 spiro atoms. The highest BCUT2D eigenvalue weighted by atomic mass is 79.9. The maximum absolute atomic E-state index is 5.32. The van der Waals surface area contributed by atoms with Crippen LogP contribution in [0.1, 0.15) is 18.3 Å². The zero-order valence-corrected chi connectivity index (χ0v) is 11.6. The number of rotatable bonds is 2. The second-order valence-corrected chi connectivity index (χ2v) is 5.58. The van der Waals surface area contributed by atoms with E-state index in [1.165, 1.54) is 0 Å². The van der Waals surface area contributed by atoms with E-state index in [4.69, 9.17) is 4.52 Å². The van der Waals surface area contributed by atoms with Crippen LogP contribution in [-0.4, -0.2) is 21.7 Å². The largest absolute Gasteiger partial charge is 0.350 e. The summed E-state index contributed by atoms with van der Waals surface area (Å²) in [6, 6.07) is 8.36. The van der Waals surface area contributed by atoms with Gasteiger partial charge in [-0.3, -0.25) is 0 Å². The molecule has 1 aliphatic rings. The van der Waals surface area contributed by atoms with Gasteiger partial charge >= 0.3 is 0 Å². The molecule has 1 aliphatic heterocycles. The van der Waals surface area contributed by atoms with Crippen LogP contribution in [0.5, 0.6) is 0 Å². The SMILES string of the molecule is Brc1ccc2cc(-c3nc(C4CCN4)no3)[nH]c2c1. The minimum atomic E-state index is 0.246. The first-order valence-electron chi connectivity index (χ1n) is 6.15. The normalized spacial score (nSPS) is 18.7. The Labute approximate surface area is 117 Å². The number of H-pyrrole nitrogens is 1. The number of hydrogen-bond acceptors (Lipinski definition) is 4. The van der Waals surface area contributed by atoms with Crippen LogP contribution in [0.2, 0.25) is 0 Å². The van der Waals surface area contributed by atoms with E-state index >= 15 is 0 Å². The standard InChI is InChI=1S/C13H11BrN4O/c14-8-2-1-7-5-11(16-10(7)6-8)13-17-12(18-19-13)9-3-4-15-9/h1-2,5-6,9,15-16H,3-4H2. The molecule has 96 valence electrons. The molecule has 1 aromatic carbocycles. The topological polar surface area (TPSA) is 66.7 Å². The first-order chi connectivity index (χ1) is 9.29. The molecule has 1 unspecified atom stereocenters. The van der Waals surface area contributed by atoms with Crippen molar-refractivity contribution in [1.82, 2.24) is 20.4 Å². The van der Waals surface area contributed by atoms with Crippen LogP contribution in [0.15, 0.2) is 33.3 Å². The van der Waals surface area contributed by atoms with Gasteiger partial charge in [0.15, 0.2) is 5.82 Å². The Balaban J connectivity index is 1.74. The van der Waals surface area contributed by atoms with Crippen molar-refractivity contribution in [3.05, 3.63) is 34.6 Å². The van der Waals surface area contributed by atoms with Crippen molar-refractivity contribution < 1.29 is 4.52 Å². The fourth-order valence-corrected chi connectivity index (χ4v) is 2.57. The zero-order chi connectivity index (χ0) is 12.8. The predicted octanol–water partition coefficient (Wildman–Crippen LogP) is 3.01. The molecule has 0 aliphatic carbocycles. The molecule has 4 rings (SSSR count). The third-order valence-electron chi connectivity index (χ3n) is 3.39. The number of benzene rings is 1. The molecule has 3 aromatic rings. The predicted molar refractivity (Wildman–Crippen MR) is 74.7 cm³/mol. The Morgan fingerprint density at radius 1 is 1.32 bits per heavy atom. The number of halogens is 1. The molecule has 1 saturated heterocycles. The molecular formula is C13H11BrN4O. The molecule has 1 atom stereocenters. The maximum atomic E-state index is 5.32. The average Bonchev–Trinajstić information content (AvgIpc) is 2.92. The fourth-order valence-electron chi connectivity index (χ4n) is 2.21. The monoisotopic (exact) mass is 318 g/mol. The van der Waals surface area contributed by atoms with E-state index in [2.05, 4.69) is 36.4 Å². The zero-order valence-electron chi connectivity index (χ0n) is 9.98. The van der Waals surface area contributed by atoms with E-state index in [1.807, 2.05) is 24.3 Å². The molecule has 1 fully saturated rings. The molecule has 0 amide bonds. The Morgan fingerprint density at radius 3 is 3.00 bits per heavy atom. The summed E-state index contributed by atoms with van der Waals surface area (Å²) in [7, 11) is 0. The van der Waals surface area contributed by atoms with Crippen LogP contribution in [0, 0.1) is 0 Å². The van der Waals surface area contributed by atoms with E-state index in [-0.39, 0.29) is 6.04 Å². The molecule has 0 saturated carbocycles. The third kappa shape index (κ3) is 1.87. The lowest BCUT2D eigenvalue weighted by Crippen LogP contribution is -2.35. The van der Waals surface area contributed by atoms with Gasteiger partial charge in [0.05, 0.1) is 6.04 Å². The van der Waals surface area contributed by atoms with E-state index in [0.717, 1.165) is 39.9 Å². The summed E-state index contributed by atoms with van der Waals surface area (Å²) in [6.45, 7) is 1.02. The van der Waals surface area contributed by atoms with Crippen LogP contribution < -0.4 is 5.32 Å². The Morgan fingerprint density at radius 2 is 2.21 bits per heavy atom. The van der Waals surface area contributed by atoms with E-state index in [1.54, 1.807) is 0 Å². The van der Waals surface area contributed by atoms with Crippen molar-refractivity contribution >= 4 is 26.8 Å². The molecule has 6 heteroatoms. The minimum absolute atomic E-state index is 0.246. The lowest BCUT2D eigenvalue weighted by atomic mass is 10.1. The minimum Gasteiger partial charge on any atom is -0.350 e. The number of nitrogens with one attached hydrogen (secondary N) is 2. The fraction of sp³-hybridized carbons (Fsp3) is 0.231. The van der Waals surface area contributed by atoms with E-state index < -0.39 is 0 Å². The summed E-state index contributed by atoms with van der Waals surface area (Å²) in [5.41, 5.74) is 1.90. The first kappa shape index (κ1) is 11.2. The summed E-state index contributed by atoms with van der Waals surface area (Å²) in [5.74, 6) is 1.28.